The first-order valence-corrected chi connectivity index (χ1v) is 10.7. The van der Waals surface area contributed by atoms with Crippen LogP contribution in [0.4, 0.5) is 17.2 Å². The molecule has 2 aromatic carbocycles. The van der Waals surface area contributed by atoms with Gasteiger partial charge < -0.3 is 5.32 Å². The Morgan fingerprint density at radius 3 is 2.30 bits per heavy atom. The van der Waals surface area contributed by atoms with Crippen molar-refractivity contribution in [1.29, 1.82) is 0 Å². The average molecular weight is 420 g/mol. The molecule has 30 heavy (non-hydrogen) atoms. The minimum atomic E-state index is -3.66. The summed E-state index contributed by atoms with van der Waals surface area (Å²) in [6.45, 7) is 3.71. The smallest absolute Gasteiger partial charge is 0.262 e. The molecule has 0 saturated heterocycles. The molecule has 2 N–H and O–H groups in total. The van der Waals surface area contributed by atoms with Gasteiger partial charge in [-0.25, -0.2) is 13.1 Å². The van der Waals surface area contributed by atoms with E-state index in [2.05, 4.69) is 25.3 Å². The highest BCUT2D eigenvalue weighted by Gasteiger charge is 2.16. The Morgan fingerprint density at radius 1 is 0.900 bits per heavy atom. The first kappa shape index (κ1) is 19.6. The zero-order valence-electron chi connectivity index (χ0n) is 16.4. The molecule has 9 heteroatoms. The molecular weight excluding hydrogens is 400 g/mol. The second-order valence-electron chi connectivity index (χ2n) is 6.80. The minimum absolute atomic E-state index is 0.267. The number of hydrogen-bond acceptors (Lipinski definition) is 6. The number of sulfonamides is 1. The van der Waals surface area contributed by atoms with Crippen LogP contribution in [-0.4, -0.2) is 28.4 Å². The van der Waals surface area contributed by atoms with Crippen LogP contribution in [0.2, 0.25) is 0 Å². The molecule has 8 nitrogen and oxygen atoms in total. The van der Waals surface area contributed by atoms with Gasteiger partial charge in [0.1, 0.15) is 0 Å². The molecule has 0 spiro atoms. The number of rotatable bonds is 6. The van der Waals surface area contributed by atoms with Crippen LogP contribution in [0.5, 0.6) is 0 Å². The highest BCUT2D eigenvalue weighted by Crippen LogP contribution is 2.22. The summed E-state index contributed by atoms with van der Waals surface area (Å²) in [7, 11) is -3.66. The number of benzene rings is 2. The summed E-state index contributed by atoms with van der Waals surface area (Å²) in [5.41, 5.74) is 2.95. The van der Waals surface area contributed by atoms with Crippen LogP contribution in [0.15, 0.2) is 78.0 Å². The molecule has 0 unspecified atom stereocenters. The van der Waals surface area contributed by atoms with Gasteiger partial charge in [0.05, 0.1) is 4.90 Å². The predicted molar refractivity (Wildman–Crippen MR) is 116 cm³/mol. The average Bonchev–Trinajstić information content (AvgIpc) is 3.24. The van der Waals surface area contributed by atoms with E-state index in [1.807, 2.05) is 19.1 Å². The number of aryl methyl sites for hydroxylation is 2. The normalized spacial score (nSPS) is 11.3. The number of nitrogens with one attached hydrogen (secondary N) is 2. The molecule has 0 radical (unpaired) electrons. The summed E-state index contributed by atoms with van der Waals surface area (Å²) >= 11 is 0. The van der Waals surface area contributed by atoms with Crippen molar-refractivity contribution in [2.45, 2.75) is 18.7 Å². The van der Waals surface area contributed by atoms with Crippen molar-refractivity contribution in [3.63, 3.8) is 0 Å². The highest BCUT2D eigenvalue weighted by molar-refractivity contribution is 7.92. The Kier molecular flexibility index (Phi) is 5.20. The van der Waals surface area contributed by atoms with E-state index in [9.17, 15) is 8.42 Å². The van der Waals surface area contributed by atoms with Gasteiger partial charge in [-0.15, -0.1) is 10.2 Å². The number of nitrogens with zero attached hydrogens (tertiary/aromatic N) is 4. The van der Waals surface area contributed by atoms with Crippen molar-refractivity contribution in [3.8, 4) is 5.82 Å². The van der Waals surface area contributed by atoms with E-state index in [4.69, 9.17) is 0 Å². The van der Waals surface area contributed by atoms with Crippen molar-refractivity contribution in [2.24, 2.45) is 0 Å². The standard InChI is InChI=1S/C21H20N6O2S/c1-15-4-9-19(16(2)14-15)30(28,29)26-18-7-5-17(6-8-18)23-20-10-11-21(25-24-20)27-13-3-12-22-27/h3-14,26H,1-2H3,(H,23,24). The second kappa shape index (κ2) is 7.96. The molecule has 0 aliphatic heterocycles. The highest BCUT2D eigenvalue weighted by atomic mass is 32.2. The Labute approximate surface area is 174 Å². The van der Waals surface area contributed by atoms with E-state index in [1.54, 1.807) is 72.5 Å². The van der Waals surface area contributed by atoms with Crippen LogP contribution < -0.4 is 10.0 Å². The maximum absolute atomic E-state index is 12.7. The molecule has 4 rings (SSSR count). The topological polar surface area (TPSA) is 102 Å². The summed E-state index contributed by atoms with van der Waals surface area (Å²) in [5, 5.41) is 15.5. The molecule has 0 amide bonds. The lowest BCUT2D eigenvalue weighted by Gasteiger charge is -2.12. The monoisotopic (exact) mass is 420 g/mol. The Morgan fingerprint density at radius 2 is 1.67 bits per heavy atom. The van der Waals surface area contributed by atoms with Gasteiger partial charge in [-0.1, -0.05) is 17.7 Å². The van der Waals surface area contributed by atoms with Gasteiger partial charge in [0.2, 0.25) is 0 Å². The third-order valence-electron chi connectivity index (χ3n) is 4.42. The fraction of sp³-hybridized carbons (Fsp3) is 0.0952. The van der Waals surface area contributed by atoms with Crippen molar-refractivity contribution >= 4 is 27.2 Å². The van der Waals surface area contributed by atoms with Gasteiger partial charge in [0.25, 0.3) is 10.0 Å². The Hall–Kier alpha value is -3.72. The van der Waals surface area contributed by atoms with Crippen LogP contribution in [0, 0.1) is 13.8 Å². The zero-order chi connectivity index (χ0) is 21.1. The summed E-state index contributed by atoms with van der Waals surface area (Å²) in [6.07, 6.45) is 3.46. The lowest BCUT2D eigenvalue weighted by Crippen LogP contribution is -2.14. The fourth-order valence-corrected chi connectivity index (χ4v) is 4.29. The quantitative estimate of drug-likeness (QED) is 0.492. The Balaban J connectivity index is 1.45. The second-order valence-corrected chi connectivity index (χ2v) is 8.46. The summed E-state index contributed by atoms with van der Waals surface area (Å²) in [5.74, 6) is 1.18. The van der Waals surface area contributed by atoms with Gasteiger partial charge in [-0.2, -0.15) is 5.10 Å². The molecule has 0 fully saturated rings. The number of aromatic nitrogens is 4. The minimum Gasteiger partial charge on any atom is -0.339 e. The van der Waals surface area contributed by atoms with E-state index in [1.165, 1.54) is 0 Å². The summed E-state index contributed by atoms with van der Waals surface area (Å²) in [6, 6.07) is 17.6. The first-order valence-electron chi connectivity index (χ1n) is 9.22. The zero-order valence-corrected chi connectivity index (χ0v) is 17.3. The van der Waals surface area contributed by atoms with Gasteiger partial charge >= 0.3 is 0 Å². The SMILES string of the molecule is Cc1ccc(S(=O)(=O)Nc2ccc(Nc3ccc(-n4cccn4)nn3)cc2)c(C)c1. The van der Waals surface area contributed by atoms with Crippen molar-refractivity contribution in [3.05, 3.63) is 84.2 Å². The molecule has 0 aliphatic carbocycles. The van der Waals surface area contributed by atoms with Crippen molar-refractivity contribution in [1.82, 2.24) is 20.0 Å². The van der Waals surface area contributed by atoms with Crippen molar-refractivity contribution in [2.75, 3.05) is 10.0 Å². The maximum Gasteiger partial charge on any atom is 0.262 e. The third kappa shape index (κ3) is 4.31. The molecule has 0 aliphatic rings. The van der Waals surface area contributed by atoms with Gasteiger partial charge in [-0.05, 0) is 67.9 Å². The van der Waals surface area contributed by atoms with Gasteiger partial charge in [0, 0.05) is 23.8 Å². The lowest BCUT2D eigenvalue weighted by atomic mass is 10.2. The molecule has 2 aromatic heterocycles. The summed E-state index contributed by atoms with van der Waals surface area (Å²) in [4.78, 5) is 0.267. The van der Waals surface area contributed by atoms with Gasteiger partial charge in [-0.3, -0.25) is 4.72 Å². The van der Waals surface area contributed by atoms with Crippen LogP contribution in [0.1, 0.15) is 11.1 Å². The molecule has 0 saturated carbocycles. The summed E-state index contributed by atoms with van der Waals surface area (Å²) < 4.78 is 29.6. The van der Waals surface area contributed by atoms with E-state index >= 15 is 0 Å². The van der Waals surface area contributed by atoms with E-state index in [0.717, 1.165) is 11.3 Å². The van der Waals surface area contributed by atoms with Gasteiger partial charge in [0.15, 0.2) is 11.6 Å². The van der Waals surface area contributed by atoms with E-state index < -0.39 is 10.0 Å². The number of hydrogen-bond donors (Lipinski definition) is 2. The Bertz CT molecular complexity index is 1250. The van der Waals surface area contributed by atoms with Crippen LogP contribution in [0.25, 0.3) is 5.82 Å². The van der Waals surface area contributed by atoms with Crippen LogP contribution in [-0.2, 0) is 10.0 Å². The molecule has 2 heterocycles. The maximum atomic E-state index is 12.7. The third-order valence-corrected chi connectivity index (χ3v) is 5.96. The molecule has 0 bridgehead atoms. The molecular formula is C21H20N6O2S. The largest absolute Gasteiger partial charge is 0.339 e. The lowest BCUT2D eigenvalue weighted by molar-refractivity contribution is 0.600. The first-order chi connectivity index (χ1) is 14.4. The van der Waals surface area contributed by atoms with E-state index in [-0.39, 0.29) is 4.90 Å². The molecule has 152 valence electrons. The van der Waals surface area contributed by atoms with Crippen LogP contribution in [0.3, 0.4) is 0 Å². The van der Waals surface area contributed by atoms with Crippen LogP contribution >= 0.6 is 0 Å². The van der Waals surface area contributed by atoms with E-state index in [0.29, 0.717) is 22.9 Å². The molecule has 4 aromatic rings. The van der Waals surface area contributed by atoms with Crippen molar-refractivity contribution < 1.29 is 8.42 Å². The fourth-order valence-electron chi connectivity index (χ4n) is 3.00. The predicted octanol–water partition coefficient (Wildman–Crippen LogP) is 3.82. The molecule has 0 atom stereocenters. The number of anilines is 3.